The van der Waals surface area contributed by atoms with Crippen LogP contribution in [-0.4, -0.2) is 28.5 Å². The fourth-order valence-corrected chi connectivity index (χ4v) is 5.00. The molecule has 0 amide bonds. The number of anilines is 2. The predicted octanol–water partition coefficient (Wildman–Crippen LogP) is 7.29. The van der Waals surface area contributed by atoms with E-state index >= 15 is 0 Å². The molecule has 0 atom stereocenters. The molecule has 2 heterocycles. The van der Waals surface area contributed by atoms with Gasteiger partial charge in [-0.3, -0.25) is 4.90 Å². The lowest BCUT2D eigenvalue weighted by Gasteiger charge is -2.12. The summed E-state index contributed by atoms with van der Waals surface area (Å²) in [7, 11) is 2.06. The standard InChI is InChI=1S/C30H24ClFN4OS/c1-36(18-21-7-3-2-4-8-21)14-6-11-25-17-27-29(38-25)30(34-20-33-27)35-24-12-13-28(26(31)16-24)37-19-22-9-5-10-23(32)15-22/h2-5,7-10,12-13,15-17,20H,14,18-19H2,1H3,(H,33,34,35). The van der Waals surface area contributed by atoms with Gasteiger partial charge in [0.05, 0.1) is 26.7 Å². The molecule has 5 rings (SSSR count). The lowest BCUT2D eigenvalue weighted by molar-refractivity contribution is 0.306. The number of thiophene rings is 1. The highest BCUT2D eigenvalue weighted by atomic mass is 35.5. The molecular weight excluding hydrogens is 519 g/mol. The summed E-state index contributed by atoms with van der Waals surface area (Å²) < 4.78 is 20.1. The van der Waals surface area contributed by atoms with Gasteiger partial charge < -0.3 is 10.1 Å². The minimum atomic E-state index is -0.300. The third-order valence-electron chi connectivity index (χ3n) is 5.65. The number of benzene rings is 3. The normalized spacial score (nSPS) is 10.8. The smallest absolute Gasteiger partial charge is 0.151 e. The molecule has 0 radical (unpaired) electrons. The van der Waals surface area contributed by atoms with Gasteiger partial charge in [0.25, 0.3) is 0 Å². The zero-order valence-corrected chi connectivity index (χ0v) is 22.2. The molecule has 0 fully saturated rings. The first-order valence-corrected chi connectivity index (χ1v) is 13.1. The summed E-state index contributed by atoms with van der Waals surface area (Å²) in [5.74, 6) is 7.41. The molecule has 3 aromatic carbocycles. The summed E-state index contributed by atoms with van der Waals surface area (Å²) in [6.45, 7) is 1.72. The number of hydrogen-bond acceptors (Lipinski definition) is 6. The predicted molar refractivity (Wildman–Crippen MR) is 153 cm³/mol. The van der Waals surface area contributed by atoms with Gasteiger partial charge in [0.1, 0.15) is 24.5 Å². The molecule has 2 aromatic heterocycles. The number of nitrogens with one attached hydrogen (secondary N) is 1. The maximum absolute atomic E-state index is 13.4. The maximum atomic E-state index is 13.4. The van der Waals surface area contributed by atoms with Gasteiger partial charge in [-0.2, -0.15) is 0 Å². The third-order valence-corrected chi connectivity index (χ3v) is 6.99. The molecule has 1 N–H and O–H groups in total. The lowest BCUT2D eigenvalue weighted by atomic mass is 10.2. The van der Waals surface area contributed by atoms with Gasteiger partial charge in [0.15, 0.2) is 5.82 Å². The Morgan fingerprint density at radius 3 is 2.66 bits per heavy atom. The Balaban J connectivity index is 1.24. The summed E-state index contributed by atoms with van der Waals surface area (Å²) in [6, 6.07) is 24.0. The molecule has 0 bridgehead atoms. The van der Waals surface area contributed by atoms with E-state index in [1.165, 1.54) is 24.0 Å². The summed E-state index contributed by atoms with van der Waals surface area (Å²) in [5.41, 5.74) is 3.58. The van der Waals surface area contributed by atoms with E-state index in [4.69, 9.17) is 16.3 Å². The van der Waals surface area contributed by atoms with Crippen LogP contribution < -0.4 is 10.1 Å². The molecule has 38 heavy (non-hydrogen) atoms. The van der Waals surface area contributed by atoms with Crippen LogP contribution in [0.3, 0.4) is 0 Å². The summed E-state index contributed by atoms with van der Waals surface area (Å²) >= 11 is 8.00. The second kappa shape index (κ2) is 12.1. The highest BCUT2D eigenvalue weighted by Crippen LogP contribution is 2.33. The highest BCUT2D eigenvalue weighted by molar-refractivity contribution is 7.20. The van der Waals surface area contributed by atoms with Crippen molar-refractivity contribution in [2.75, 3.05) is 18.9 Å². The summed E-state index contributed by atoms with van der Waals surface area (Å²) in [6.07, 6.45) is 1.53. The topological polar surface area (TPSA) is 50.3 Å². The number of aromatic nitrogens is 2. The first-order chi connectivity index (χ1) is 18.5. The molecule has 0 aliphatic rings. The zero-order chi connectivity index (χ0) is 26.3. The highest BCUT2D eigenvalue weighted by Gasteiger charge is 2.10. The van der Waals surface area contributed by atoms with Crippen molar-refractivity contribution >= 4 is 44.7 Å². The van der Waals surface area contributed by atoms with Crippen LogP contribution >= 0.6 is 22.9 Å². The Labute approximate surface area is 229 Å². The van der Waals surface area contributed by atoms with Crippen LogP contribution in [0, 0.1) is 17.7 Å². The van der Waals surface area contributed by atoms with E-state index in [1.54, 1.807) is 35.6 Å². The van der Waals surface area contributed by atoms with Gasteiger partial charge in [-0.05, 0) is 54.6 Å². The van der Waals surface area contributed by atoms with Crippen molar-refractivity contribution in [3.63, 3.8) is 0 Å². The monoisotopic (exact) mass is 542 g/mol. The van der Waals surface area contributed by atoms with Gasteiger partial charge in [-0.15, -0.1) is 11.3 Å². The van der Waals surface area contributed by atoms with Crippen molar-refractivity contribution in [2.45, 2.75) is 13.2 Å². The van der Waals surface area contributed by atoms with Crippen molar-refractivity contribution in [3.8, 4) is 17.6 Å². The second-order valence-electron chi connectivity index (χ2n) is 8.70. The molecule has 5 aromatic rings. The SMILES string of the molecule is CN(CC#Cc1cc2ncnc(Nc3ccc(OCc4cccc(F)c4)c(Cl)c3)c2s1)Cc1ccccc1. The maximum Gasteiger partial charge on any atom is 0.151 e. The van der Waals surface area contributed by atoms with Gasteiger partial charge in [0.2, 0.25) is 0 Å². The van der Waals surface area contributed by atoms with Gasteiger partial charge in [-0.25, -0.2) is 14.4 Å². The summed E-state index contributed by atoms with van der Waals surface area (Å²) in [4.78, 5) is 11.9. The third kappa shape index (κ3) is 6.67. The number of hydrogen-bond donors (Lipinski definition) is 1. The number of fused-ring (bicyclic) bond motifs is 1. The first-order valence-electron chi connectivity index (χ1n) is 11.9. The van der Waals surface area contributed by atoms with Crippen LogP contribution in [-0.2, 0) is 13.2 Å². The fraction of sp³-hybridized carbons (Fsp3) is 0.133. The molecule has 0 aliphatic heterocycles. The molecule has 0 saturated carbocycles. The Morgan fingerprint density at radius 2 is 1.84 bits per heavy atom. The molecule has 0 saturated heterocycles. The first kappa shape index (κ1) is 25.7. The number of ether oxygens (including phenoxy) is 1. The largest absolute Gasteiger partial charge is 0.487 e. The molecule has 190 valence electrons. The van der Waals surface area contributed by atoms with Crippen molar-refractivity contribution in [3.05, 3.63) is 112 Å². The molecule has 8 heteroatoms. The minimum Gasteiger partial charge on any atom is -0.487 e. The van der Waals surface area contributed by atoms with Crippen molar-refractivity contribution in [1.29, 1.82) is 0 Å². The Hall–Kier alpha value is -3.96. The van der Waals surface area contributed by atoms with Crippen LogP contribution in [0.4, 0.5) is 15.9 Å². The Bertz CT molecular complexity index is 1610. The fourth-order valence-electron chi connectivity index (χ4n) is 3.84. The number of rotatable bonds is 8. The summed E-state index contributed by atoms with van der Waals surface area (Å²) in [5, 5.41) is 3.76. The van der Waals surface area contributed by atoms with E-state index in [9.17, 15) is 4.39 Å². The molecule has 5 nitrogen and oxygen atoms in total. The average molecular weight is 543 g/mol. The van der Waals surface area contributed by atoms with Crippen LogP contribution in [0.15, 0.2) is 85.2 Å². The minimum absolute atomic E-state index is 0.220. The van der Waals surface area contributed by atoms with Gasteiger partial charge in [0, 0.05) is 12.2 Å². The van der Waals surface area contributed by atoms with E-state index < -0.39 is 0 Å². The Kier molecular flexibility index (Phi) is 8.15. The number of halogens is 2. The van der Waals surface area contributed by atoms with E-state index in [1.807, 2.05) is 30.3 Å². The van der Waals surface area contributed by atoms with Gasteiger partial charge >= 0.3 is 0 Å². The molecular formula is C30H24ClFN4OS. The molecule has 0 unspecified atom stereocenters. The van der Waals surface area contributed by atoms with Crippen molar-refractivity contribution in [2.24, 2.45) is 0 Å². The second-order valence-corrected chi connectivity index (χ2v) is 10.2. The zero-order valence-electron chi connectivity index (χ0n) is 20.6. The Morgan fingerprint density at radius 1 is 1.00 bits per heavy atom. The van der Waals surface area contributed by atoms with Crippen LogP contribution in [0.1, 0.15) is 16.0 Å². The van der Waals surface area contributed by atoms with Crippen molar-refractivity contribution < 1.29 is 9.13 Å². The van der Waals surface area contributed by atoms with E-state index in [0.717, 1.165) is 32.9 Å². The van der Waals surface area contributed by atoms with Crippen LogP contribution in [0.25, 0.3) is 10.2 Å². The van der Waals surface area contributed by atoms with E-state index in [-0.39, 0.29) is 12.4 Å². The number of nitrogens with zero attached hydrogens (tertiary/aromatic N) is 3. The lowest BCUT2D eigenvalue weighted by Crippen LogP contribution is -2.17. The van der Waals surface area contributed by atoms with E-state index in [0.29, 0.717) is 23.1 Å². The molecule has 0 aliphatic carbocycles. The van der Waals surface area contributed by atoms with Crippen molar-refractivity contribution in [1.82, 2.24) is 14.9 Å². The average Bonchev–Trinajstić information content (AvgIpc) is 3.33. The quantitative estimate of drug-likeness (QED) is 0.209. The van der Waals surface area contributed by atoms with Crippen LogP contribution in [0.2, 0.25) is 5.02 Å². The van der Waals surface area contributed by atoms with Crippen LogP contribution in [0.5, 0.6) is 5.75 Å². The van der Waals surface area contributed by atoms with E-state index in [2.05, 4.69) is 51.2 Å². The molecule has 0 spiro atoms. The van der Waals surface area contributed by atoms with Gasteiger partial charge in [-0.1, -0.05) is 65.9 Å².